The van der Waals surface area contributed by atoms with Crippen LogP contribution in [0.4, 0.5) is 0 Å². The molecule has 0 radical (unpaired) electrons. The van der Waals surface area contributed by atoms with Crippen LogP contribution in [0.15, 0.2) is 77.7 Å². The van der Waals surface area contributed by atoms with E-state index in [1.807, 2.05) is 75.5 Å². The third-order valence-corrected chi connectivity index (χ3v) is 7.30. The highest BCUT2D eigenvalue weighted by Crippen LogP contribution is 2.31. The zero-order valence-electron chi connectivity index (χ0n) is 24.1. The molecule has 0 aliphatic carbocycles. The molecule has 3 aromatic carbocycles. The summed E-state index contributed by atoms with van der Waals surface area (Å²) in [5, 5.41) is 11.5. The van der Waals surface area contributed by atoms with Crippen LogP contribution in [-0.4, -0.2) is 51.8 Å². The van der Waals surface area contributed by atoms with Crippen molar-refractivity contribution in [2.45, 2.75) is 37.6 Å². The minimum Gasteiger partial charge on any atom is -0.385 e. The monoisotopic (exact) mass is 581 g/mol. The molecule has 0 aliphatic heterocycles. The molecule has 0 saturated heterocycles. The second-order valence-corrected chi connectivity index (χ2v) is 10.00. The molecule has 1 heterocycles. The fourth-order valence-electron chi connectivity index (χ4n) is 3.45. The van der Waals surface area contributed by atoms with Crippen molar-refractivity contribution in [3.05, 3.63) is 94.5 Å². The first-order valence-corrected chi connectivity index (χ1v) is 14.9. The summed E-state index contributed by atoms with van der Waals surface area (Å²) < 4.78 is 9.51. The van der Waals surface area contributed by atoms with Crippen LogP contribution in [0.1, 0.15) is 52.8 Å². The van der Waals surface area contributed by atoms with Crippen LogP contribution in [0.2, 0.25) is 0 Å². The van der Waals surface area contributed by atoms with Gasteiger partial charge in [-0.05, 0) is 80.8 Å². The summed E-state index contributed by atoms with van der Waals surface area (Å²) in [6.07, 6.45) is 4.08. The summed E-state index contributed by atoms with van der Waals surface area (Å²) in [5.74, 6) is 0. The van der Waals surface area contributed by atoms with Crippen LogP contribution >= 0.6 is 23.3 Å². The standard InChI is InChI=1S/C23H19N3OS2.C5H13NO.C2H6.CH5N/c24-14-17-6-3-5-16(11-17)13-21(23-25-20-9-1-2-10-22(20)28-23)26-29-19-8-4-7-18(12-19)15-27;1-6-4-3-5-7-2;2*1-2/h1-12,14-15,21,24,26H,13H2;6H,3-5H2,1-2H3;1-2H3;2H2,1H3. The zero-order chi connectivity index (χ0) is 29.6. The molecule has 9 heteroatoms. The Morgan fingerprint density at radius 2 is 1.77 bits per heavy atom. The van der Waals surface area contributed by atoms with E-state index in [9.17, 15) is 4.79 Å². The zero-order valence-corrected chi connectivity index (χ0v) is 25.8. The fourth-order valence-corrected chi connectivity index (χ4v) is 5.36. The van der Waals surface area contributed by atoms with E-state index in [0.717, 1.165) is 63.5 Å². The Labute approximate surface area is 247 Å². The quantitative estimate of drug-likeness (QED) is 0.0651. The van der Waals surface area contributed by atoms with Crippen molar-refractivity contribution in [1.82, 2.24) is 15.0 Å². The van der Waals surface area contributed by atoms with Gasteiger partial charge in [0.2, 0.25) is 0 Å². The summed E-state index contributed by atoms with van der Waals surface area (Å²) in [5.41, 5.74) is 8.19. The molecule has 1 aromatic heterocycles. The lowest BCUT2D eigenvalue weighted by Crippen LogP contribution is -2.17. The maximum atomic E-state index is 11.1. The molecule has 0 saturated carbocycles. The van der Waals surface area contributed by atoms with Crippen molar-refractivity contribution in [3.63, 3.8) is 0 Å². The summed E-state index contributed by atoms with van der Waals surface area (Å²) in [4.78, 5) is 16.9. The van der Waals surface area contributed by atoms with Gasteiger partial charge in [0, 0.05) is 30.4 Å². The van der Waals surface area contributed by atoms with Gasteiger partial charge in [0.25, 0.3) is 0 Å². The smallest absolute Gasteiger partial charge is 0.150 e. The van der Waals surface area contributed by atoms with E-state index in [2.05, 4.69) is 27.9 Å². The van der Waals surface area contributed by atoms with Crippen LogP contribution in [0.3, 0.4) is 0 Å². The number of para-hydroxylation sites is 1. The lowest BCUT2D eigenvalue weighted by atomic mass is 10.0. The molecule has 7 nitrogen and oxygen atoms in total. The number of carbonyl (C=O) groups is 1. The lowest BCUT2D eigenvalue weighted by Gasteiger charge is -2.16. The highest BCUT2D eigenvalue weighted by Gasteiger charge is 2.18. The number of aldehydes is 1. The van der Waals surface area contributed by atoms with Gasteiger partial charge in [-0.1, -0.05) is 62.4 Å². The first-order chi connectivity index (χ1) is 19.7. The van der Waals surface area contributed by atoms with E-state index < -0.39 is 0 Å². The number of hydrogen-bond donors (Lipinski definition) is 4. The maximum absolute atomic E-state index is 11.1. The van der Waals surface area contributed by atoms with Crippen molar-refractivity contribution >= 4 is 46.0 Å². The molecule has 1 atom stereocenters. The van der Waals surface area contributed by atoms with Crippen molar-refractivity contribution in [3.8, 4) is 0 Å². The van der Waals surface area contributed by atoms with Gasteiger partial charge in [0.1, 0.15) is 11.3 Å². The molecule has 0 aliphatic rings. The second kappa shape index (κ2) is 21.8. The molecule has 5 N–H and O–H groups in total. The summed E-state index contributed by atoms with van der Waals surface area (Å²) in [6, 6.07) is 23.7. The Hall–Kier alpha value is -2.92. The average Bonchev–Trinajstić information content (AvgIpc) is 3.46. The first-order valence-electron chi connectivity index (χ1n) is 13.3. The van der Waals surface area contributed by atoms with Gasteiger partial charge in [-0.2, -0.15) is 0 Å². The van der Waals surface area contributed by atoms with Gasteiger partial charge in [-0.3, -0.25) is 4.79 Å². The van der Waals surface area contributed by atoms with Crippen molar-refractivity contribution in [1.29, 1.82) is 5.41 Å². The number of hydrogen-bond acceptors (Lipinski definition) is 9. The molecule has 4 rings (SSSR count). The number of ether oxygens (including phenoxy) is 1. The van der Waals surface area contributed by atoms with Gasteiger partial charge < -0.3 is 21.2 Å². The number of nitrogens with zero attached hydrogens (tertiary/aromatic N) is 1. The third kappa shape index (κ3) is 12.5. The number of carbonyl (C=O) groups excluding carboxylic acids is 1. The van der Waals surface area contributed by atoms with E-state index in [-0.39, 0.29) is 6.04 Å². The summed E-state index contributed by atoms with van der Waals surface area (Å²) >= 11 is 3.19. The minimum absolute atomic E-state index is 0.00160. The Bertz CT molecular complexity index is 1210. The van der Waals surface area contributed by atoms with Crippen molar-refractivity contribution < 1.29 is 9.53 Å². The Morgan fingerprint density at radius 3 is 2.45 bits per heavy atom. The largest absolute Gasteiger partial charge is 0.385 e. The minimum atomic E-state index is -0.00160. The third-order valence-electron chi connectivity index (χ3n) is 5.25. The number of fused-ring (bicyclic) bond motifs is 1. The van der Waals surface area contributed by atoms with Crippen LogP contribution in [0.5, 0.6) is 0 Å². The molecule has 40 heavy (non-hydrogen) atoms. The van der Waals surface area contributed by atoms with E-state index in [0.29, 0.717) is 5.56 Å². The Balaban J connectivity index is 0.000000629. The van der Waals surface area contributed by atoms with Gasteiger partial charge in [-0.25, -0.2) is 9.71 Å². The molecule has 1 unspecified atom stereocenters. The van der Waals surface area contributed by atoms with Crippen LogP contribution in [0, 0.1) is 5.41 Å². The lowest BCUT2D eigenvalue weighted by molar-refractivity contribution is 0.112. The highest BCUT2D eigenvalue weighted by atomic mass is 32.2. The molecule has 0 bridgehead atoms. The van der Waals surface area contributed by atoms with Gasteiger partial charge >= 0.3 is 0 Å². The van der Waals surface area contributed by atoms with E-state index in [1.165, 1.54) is 25.2 Å². The molecule has 0 fully saturated rings. The van der Waals surface area contributed by atoms with Crippen LogP contribution < -0.4 is 15.8 Å². The number of thiazole rings is 1. The second-order valence-electron chi connectivity index (χ2n) is 8.03. The van der Waals surface area contributed by atoms with E-state index >= 15 is 0 Å². The van der Waals surface area contributed by atoms with E-state index in [1.54, 1.807) is 24.5 Å². The van der Waals surface area contributed by atoms with E-state index in [4.69, 9.17) is 15.1 Å². The van der Waals surface area contributed by atoms with Gasteiger partial charge in [0.15, 0.2) is 0 Å². The molecule has 0 spiro atoms. The van der Waals surface area contributed by atoms with Crippen molar-refractivity contribution in [2.75, 3.05) is 34.4 Å². The number of aromatic nitrogens is 1. The summed E-state index contributed by atoms with van der Waals surface area (Å²) in [7, 11) is 5.16. The highest BCUT2D eigenvalue weighted by molar-refractivity contribution is 7.97. The molecule has 0 amide bonds. The number of benzene rings is 3. The normalized spacial score (nSPS) is 10.7. The Kier molecular flexibility index (Phi) is 19.2. The molecule has 4 aromatic rings. The Morgan fingerprint density at radius 1 is 1.05 bits per heavy atom. The number of methoxy groups -OCH3 is 1. The predicted octanol–water partition coefficient (Wildman–Crippen LogP) is 6.53. The number of rotatable bonds is 12. The SMILES string of the molecule is CC.CN.CNCCCOC.N=Cc1cccc(CC(NSc2cccc(C=O)c2)c2nc3ccccc3s2)c1. The van der Waals surface area contributed by atoms with Crippen molar-refractivity contribution in [2.24, 2.45) is 5.73 Å². The number of nitrogens with two attached hydrogens (primary N) is 1. The fraction of sp³-hybridized carbons (Fsp3) is 0.323. The van der Waals surface area contributed by atoms with Crippen LogP contribution in [-0.2, 0) is 11.2 Å². The first kappa shape index (κ1) is 35.1. The maximum Gasteiger partial charge on any atom is 0.150 e. The number of nitrogens with one attached hydrogen (secondary N) is 3. The van der Waals surface area contributed by atoms with Crippen LogP contribution in [0.25, 0.3) is 10.2 Å². The molecular weight excluding hydrogens is 539 g/mol. The predicted molar refractivity (Wildman–Crippen MR) is 173 cm³/mol. The summed E-state index contributed by atoms with van der Waals surface area (Å²) in [6.45, 7) is 5.91. The van der Waals surface area contributed by atoms with Gasteiger partial charge in [0.05, 0.1) is 16.3 Å². The molecular formula is C31H43N5O2S2. The topological polar surface area (TPSA) is 113 Å². The average molecular weight is 582 g/mol. The molecule has 216 valence electrons. The van der Waals surface area contributed by atoms with Gasteiger partial charge in [-0.15, -0.1) is 11.3 Å².